The SMILES string of the molecule is CC(C)(C)[Si](C)(C)Oc1ccc([C@@H]2[C@@H](CC[C@@H](O)c3ccc(F)cc3)C(=O)N2c2ccc(F)cc2)cc1. The fraction of sp³-hybridized carbons (Fsp3) is 0.367. The number of aliphatic hydroxyl groups excluding tert-OH is 1. The van der Waals surface area contributed by atoms with Crippen LogP contribution in [0.1, 0.15) is 56.9 Å². The van der Waals surface area contributed by atoms with Crippen LogP contribution < -0.4 is 9.33 Å². The average Bonchev–Trinajstić information content (AvgIpc) is 2.84. The first-order chi connectivity index (χ1) is 17.4. The van der Waals surface area contributed by atoms with Crippen molar-refractivity contribution in [3.05, 3.63) is 95.6 Å². The van der Waals surface area contributed by atoms with Crippen LogP contribution in [0.15, 0.2) is 72.8 Å². The molecule has 1 fully saturated rings. The highest BCUT2D eigenvalue weighted by molar-refractivity contribution is 6.74. The van der Waals surface area contributed by atoms with Crippen LogP contribution in [0.2, 0.25) is 18.1 Å². The number of benzene rings is 3. The number of halogens is 2. The Hall–Kier alpha value is -3.03. The van der Waals surface area contributed by atoms with E-state index in [9.17, 15) is 18.7 Å². The summed E-state index contributed by atoms with van der Waals surface area (Å²) in [4.78, 5) is 15.0. The van der Waals surface area contributed by atoms with Crippen molar-refractivity contribution in [1.82, 2.24) is 0 Å². The summed E-state index contributed by atoms with van der Waals surface area (Å²) in [6.07, 6.45) is 0.0268. The monoisotopic (exact) mass is 523 g/mol. The molecule has 0 saturated carbocycles. The molecule has 0 bridgehead atoms. The minimum Gasteiger partial charge on any atom is -0.544 e. The van der Waals surface area contributed by atoms with Gasteiger partial charge in [-0.2, -0.15) is 0 Å². The van der Waals surface area contributed by atoms with Crippen molar-refractivity contribution >= 4 is 19.9 Å². The molecule has 1 aliphatic rings. The van der Waals surface area contributed by atoms with Gasteiger partial charge in [-0.15, -0.1) is 0 Å². The second kappa shape index (κ2) is 10.4. The van der Waals surface area contributed by atoms with Crippen LogP contribution in [0, 0.1) is 17.6 Å². The molecule has 0 aliphatic carbocycles. The van der Waals surface area contributed by atoms with Crippen molar-refractivity contribution in [2.75, 3.05) is 4.90 Å². The number of hydrogen-bond acceptors (Lipinski definition) is 3. The molecule has 0 radical (unpaired) electrons. The predicted octanol–water partition coefficient (Wildman–Crippen LogP) is 7.57. The van der Waals surface area contributed by atoms with Crippen LogP contribution >= 0.6 is 0 Å². The zero-order chi connectivity index (χ0) is 27.0. The Balaban J connectivity index is 1.56. The highest BCUT2D eigenvalue weighted by Crippen LogP contribution is 2.47. The molecule has 7 heteroatoms. The molecular weight excluding hydrogens is 488 g/mol. The van der Waals surface area contributed by atoms with Gasteiger partial charge in [0, 0.05) is 5.69 Å². The fourth-order valence-corrected chi connectivity index (χ4v) is 5.50. The second-order valence-electron chi connectivity index (χ2n) is 11.3. The number of nitrogens with zero attached hydrogens (tertiary/aromatic N) is 1. The third-order valence-corrected chi connectivity index (χ3v) is 12.1. The summed E-state index contributed by atoms with van der Waals surface area (Å²) in [5.74, 6) is -0.324. The predicted molar refractivity (Wildman–Crippen MR) is 145 cm³/mol. The van der Waals surface area contributed by atoms with E-state index in [1.165, 1.54) is 24.3 Å². The highest BCUT2D eigenvalue weighted by atomic mass is 28.4. The molecule has 4 nitrogen and oxygen atoms in total. The molecule has 1 N–H and O–H groups in total. The summed E-state index contributed by atoms with van der Waals surface area (Å²) in [7, 11) is -1.99. The van der Waals surface area contributed by atoms with Crippen molar-refractivity contribution in [3.8, 4) is 5.75 Å². The minimum absolute atomic E-state index is 0.0653. The van der Waals surface area contributed by atoms with Gasteiger partial charge in [-0.1, -0.05) is 45.0 Å². The van der Waals surface area contributed by atoms with E-state index in [0.29, 0.717) is 24.1 Å². The lowest BCUT2D eigenvalue weighted by atomic mass is 9.78. The number of amides is 1. The molecule has 0 spiro atoms. The van der Waals surface area contributed by atoms with E-state index in [2.05, 4.69) is 33.9 Å². The van der Waals surface area contributed by atoms with E-state index in [0.717, 1.165) is 11.3 Å². The van der Waals surface area contributed by atoms with Crippen LogP contribution in [0.25, 0.3) is 0 Å². The van der Waals surface area contributed by atoms with Gasteiger partial charge in [0.05, 0.1) is 18.1 Å². The average molecular weight is 524 g/mol. The lowest BCUT2D eigenvalue weighted by Crippen LogP contribution is -2.55. The molecule has 3 aromatic carbocycles. The number of anilines is 1. The van der Waals surface area contributed by atoms with Gasteiger partial charge in [0.1, 0.15) is 17.4 Å². The van der Waals surface area contributed by atoms with Crippen molar-refractivity contribution in [3.63, 3.8) is 0 Å². The summed E-state index contributed by atoms with van der Waals surface area (Å²) in [5, 5.41) is 10.7. The van der Waals surface area contributed by atoms with Crippen LogP contribution in [0.5, 0.6) is 5.75 Å². The molecule has 0 aromatic heterocycles. The van der Waals surface area contributed by atoms with E-state index in [1.807, 2.05) is 24.3 Å². The molecule has 3 aromatic rings. The third kappa shape index (κ3) is 5.78. The highest BCUT2D eigenvalue weighted by Gasteiger charge is 2.48. The van der Waals surface area contributed by atoms with Crippen molar-refractivity contribution < 1.29 is 23.1 Å². The van der Waals surface area contributed by atoms with Crippen LogP contribution in [-0.4, -0.2) is 19.3 Å². The zero-order valence-corrected chi connectivity index (χ0v) is 23.0. The van der Waals surface area contributed by atoms with Gasteiger partial charge in [-0.3, -0.25) is 4.79 Å². The van der Waals surface area contributed by atoms with Gasteiger partial charge >= 0.3 is 0 Å². The molecule has 0 unspecified atom stereocenters. The summed E-state index contributed by atoms with van der Waals surface area (Å²) in [6.45, 7) is 11.0. The maximum atomic E-state index is 13.6. The molecule has 3 atom stereocenters. The van der Waals surface area contributed by atoms with E-state index in [1.54, 1.807) is 29.2 Å². The molecular formula is C30H35F2NO3Si. The number of β-lactam (4-membered cyclic amide) rings is 1. The Morgan fingerprint density at radius 3 is 2.00 bits per heavy atom. The largest absolute Gasteiger partial charge is 0.544 e. The minimum atomic E-state index is -1.99. The summed E-state index contributed by atoms with van der Waals surface area (Å²) in [6, 6.07) is 19.3. The molecule has 1 aliphatic heterocycles. The van der Waals surface area contributed by atoms with Crippen LogP contribution in [0.4, 0.5) is 14.5 Å². The second-order valence-corrected chi connectivity index (χ2v) is 16.0. The maximum absolute atomic E-state index is 13.6. The number of hydrogen-bond donors (Lipinski definition) is 1. The number of carbonyl (C=O) groups is 1. The Kier molecular flexibility index (Phi) is 7.58. The van der Waals surface area contributed by atoms with Gasteiger partial charge in [0.2, 0.25) is 14.2 Å². The van der Waals surface area contributed by atoms with Crippen LogP contribution in [-0.2, 0) is 4.79 Å². The molecule has 1 amide bonds. The van der Waals surface area contributed by atoms with E-state index >= 15 is 0 Å². The number of rotatable bonds is 8. The van der Waals surface area contributed by atoms with Crippen molar-refractivity contribution in [2.45, 2.75) is 63.9 Å². The molecule has 1 heterocycles. The maximum Gasteiger partial charge on any atom is 0.250 e. The van der Waals surface area contributed by atoms with Gasteiger partial charge in [-0.25, -0.2) is 8.78 Å². The first-order valence-corrected chi connectivity index (χ1v) is 15.6. The summed E-state index contributed by atoms with van der Waals surface area (Å²) >= 11 is 0. The Bertz CT molecular complexity index is 1220. The number of carbonyl (C=O) groups excluding carboxylic acids is 1. The molecule has 1 saturated heterocycles. The summed E-state index contributed by atoms with van der Waals surface area (Å²) in [5.41, 5.74) is 2.20. The topological polar surface area (TPSA) is 49.8 Å². The molecule has 37 heavy (non-hydrogen) atoms. The lowest BCUT2D eigenvalue weighted by Gasteiger charge is -2.48. The van der Waals surface area contributed by atoms with Gasteiger partial charge in [-0.05, 0) is 90.6 Å². The van der Waals surface area contributed by atoms with Gasteiger partial charge < -0.3 is 14.4 Å². The standard InChI is InChI=1S/C30H35F2NO3Si/c1-30(2,3)37(4,5)36-25-16-8-21(9-17-25)28-26(18-19-27(34)20-6-10-22(31)11-7-20)29(35)33(28)24-14-12-23(32)13-15-24/h6-17,26-28,34H,18-19H2,1-5H3/t26-,27-,28-/m1/s1. The first-order valence-electron chi connectivity index (χ1n) is 12.7. The van der Waals surface area contributed by atoms with E-state index in [4.69, 9.17) is 4.43 Å². The first kappa shape index (κ1) is 27.0. The summed E-state index contributed by atoms with van der Waals surface area (Å²) < 4.78 is 33.2. The van der Waals surface area contributed by atoms with Crippen LogP contribution in [0.3, 0.4) is 0 Å². The normalized spacial score (nSPS) is 18.9. The van der Waals surface area contributed by atoms with E-state index < -0.39 is 14.4 Å². The van der Waals surface area contributed by atoms with Gasteiger partial charge in [0.25, 0.3) is 0 Å². The quantitative estimate of drug-likeness (QED) is 0.245. The lowest BCUT2D eigenvalue weighted by molar-refractivity contribution is -0.131. The smallest absolute Gasteiger partial charge is 0.250 e. The Morgan fingerprint density at radius 1 is 0.919 bits per heavy atom. The number of aliphatic hydroxyl groups is 1. The van der Waals surface area contributed by atoms with Crippen molar-refractivity contribution in [2.24, 2.45) is 5.92 Å². The Morgan fingerprint density at radius 2 is 1.46 bits per heavy atom. The third-order valence-electron chi connectivity index (χ3n) is 7.73. The van der Waals surface area contributed by atoms with E-state index in [-0.39, 0.29) is 34.5 Å². The van der Waals surface area contributed by atoms with Gasteiger partial charge in [0.15, 0.2) is 0 Å². The molecule has 196 valence electrons. The molecule has 4 rings (SSSR count). The Labute approximate surface area is 219 Å². The van der Waals surface area contributed by atoms with Crippen molar-refractivity contribution in [1.29, 1.82) is 0 Å². The fourth-order valence-electron chi connectivity index (χ4n) is 4.47. The zero-order valence-electron chi connectivity index (χ0n) is 22.0.